The summed E-state index contributed by atoms with van der Waals surface area (Å²) in [4.78, 5) is 24.1. The number of rotatable bonds is 5. The molecule has 0 aliphatic carbocycles. The number of aromatic nitrogens is 2. The number of hydrogen-bond acceptors (Lipinski definition) is 4. The molecule has 112 valence electrons. The van der Waals surface area contributed by atoms with Crippen molar-refractivity contribution in [1.82, 2.24) is 15.5 Å². The Morgan fingerprint density at radius 2 is 2.00 bits per heavy atom. The fraction of sp³-hybridized carbons (Fsp3) is 0.400. The normalized spacial score (nSPS) is 12.6. The van der Waals surface area contributed by atoms with Crippen molar-refractivity contribution in [1.29, 1.82) is 0 Å². The molecule has 1 amide bonds. The van der Waals surface area contributed by atoms with Crippen molar-refractivity contribution in [3.05, 3.63) is 40.3 Å². The predicted octanol–water partition coefficient (Wildman–Crippen LogP) is 1.06. The van der Waals surface area contributed by atoms with E-state index in [1.165, 1.54) is 0 Å². The molecule has 6 nitrogen and oxygen atoms in total. The molecule has 6 heteroatoms. The van der Waals surface area contributed by atoms with E-state index in [2.05, 4.69) is 15.5 Å². The zero-order valence-electron chi connectivity index (χ0n) is 12.1. The number of aliphatic hydroxyl groups is 1. The molecule has 0 bridgehead atoms. The number of benzene rings is 1. The lowest BCUT2D eigenvalue weighted by atomic mass is 10.0. The number of aliphatic hydroxyl groups excluding tert-OH is 1. The SMILES string of the molecule is CC(C)C(CCO)NC(=O)c1n[nH]c(=O)c2ccccc12. The number of fused-ring (bicyclic) bond motifs is 1. The molecule has 0 radical (unpaired) electrons. The first-order chi connectivity index (χ1) is 10.0. The Morgan fingerprint density at radius 3 is 2.62 bits per heavy atom. The topological polar surface area (TPSA) is 95.1 Å². The molecule has 1 heterocycles. The van der Waals surface area contributed by atoms with Gasteiger partial charge < -0.3 is 10.4 Å². The van der Waals surface area contributed by atoms with E-state index in [-0.39, 0.29) is 35.7 Å². The summed E-state index contributed by atoms with van der Waals surface area (Å²) in [5.41, 5.74) is -0.133. The number of carbonyl (C=O) groups is 1. The van der Waals surface area contributed by atoms with Crippen LogP contribution in [0.4, 0.5) is 0 Å². The fourth-order valence-electron chi connectivity index (χ4n) is 2.24. The van der Waals surface area contributed by atoms with Gasteiger partial charge in [0.1, 0.15) is 0 Å². The van der Waals surface area contributed by atoms with Gasteiger partial charge in [-0.15, -0.1) is 0 Å². The lowest BCUT2D eigenvalue weighted by Gasteiger charge is -2.21. The minimum absolute atomic E-state index is 0.00290. The van der Waals surface area contributed by atoms with Crippen molar-refractivity contribution in [2.45, 2.75) is 26.3 Å². The Hall–Kier alpha value is -2.21. The first-order valence-corrected chi connectivity index (χ1v) is 6.93. The summed E-state index contributed by atoms with van der Waals surface area (Å²) in [5, 5.41) is 19.1. The quantitative estimate of drug-likeness (QED) is 0.767. The van der Waals surface area contributed by atoms with Crippen LogP contribution < -0.4 is 10.9 Å². The lowest BCUT2D eigenvalue weighted by molar-refractivity contribution is 0.0912. The fourth-order valence-corrected chi connectivity index (χ4v) is 2.24. The Labute approximate surface area is 122 Å². The molecule has 0 spiro atoms. The van der Waals surface area contributed by atoms with Gasteiger partial charge in [0.15, 0.2) is 5.69 Å². The molecule has 1 unspecified atom stereocenters. The number of hydrogen-bond donors (Lipinski definition) is 3. The average molecular weight is 289 g/mol. The third kappa shape index (κ3) is 3.28. The molecule has 0 saturated carbocycles. The summed E-state index contributed by atoms with van der Waals surface area (Å²) in [6.07, 6.45) is 0.477. The Morgan fingerprint density at radius 1 is 1.33 bits per heavy atom. The molecule has 1 aromatic carbocycles. The molecule has 0 fully saturated rings. The van der Waals surface area contributed by atoms with Crippen LogP contribution in [0.15, 0.2) is 29.1 Å². The third-order valence-electron chi connectivity index (χ3n) is 3.47. The Balaban J connectivity index is 2.36. The van der Waals surface area contributed by atoms with Crippen molar-refractivity contribution in [3.8, 4) is 0 Å². The number of carbonyl (C=O) groups excluding carboxylic acids is 1. The minimum atomic E-state index is -0.352. The maximum absolute atomic E-state index is 12.4. The maximum Gasteiger partial charge on any atom is 0.272 e. The van der Waals surface area contributed by atoms with E-state index in [1.54, 1.807) is 24.3 Å². The summed E-state index contributed by atoms with van der Waals surface area (Å²) in [5.74, 6) is -0.162. The highest BCUT2D eigenvalue weighted by Crippen LogP contribution is 2.13. The second-order valence-corrected chi connectivity index (χ2v) is 5.28. The molecule has 1 aromatic heterocycles. The smallest absolute Gasteiger partial charge is 0.272 e. The summed E-state index contributed by atoms with van der Waals surface area (Å²) < 4.78 is 0. The van der Waals surface area contributed by atoms with Crippen LogP contribution >= 0.6 is 0 Å². The van der Waals surface area contributed by atoms with E-state index in [0.717, 1.165) is 0 Å². The van der Waals surface area contributed by atoms with Crippen molar-refractivity contribution in [2.24, 2.45) is 5.92 Å². The number of H-pyrrole nitrogens is 1. The molecule has 3 N–H and O–H groups in total. The van der Waals surface area contributed by atoms with Gasteiger partial charge in [-0.1, -0.05) is 32.0 Å². The van der Waals surface area contributed by atoms with Crippen molar-refractivity contribution < 1.29 is 9.90 Å². The minimum Gasteiger partial charge on any atom is -0.396 e. The van der Waals surface area contributed by atoms with E-state index < -0.39 is 0 Å². The van der Waals surface area contributed by atoms with Gasteiger partial charge in [-0.2, -0.15) is 5.10 Å². The summed E-state index contributed by atoms with van der Waals surface area (Å²) in [6.45, 7) is 3.95. The highest BCUT2D eigenvalue weighted by Gasteiger charge is 2.19. The molecule has 21 heavy (non-hydrogen) atoms. The van der Waals surface area contributed by atoms with Gasteiger partial charge in [0.2, 0.25) is 0 Å². The van der Waals surface area contributed by atoms with Gasteiger partial charge in [-0.25, -0.2) is 5.10 Å². The van der Waals surface area contributed by atoms with Crippen LogP contribution in [0.2, 0.25) is 0 Å². The zero-order chi connectivity index (χ0) is 15.4. The van der Waals surface area contributed by atoms with Gasteiger partial charge in [0, 0.05) is 18.0 Å². The van der Waals surface area contributed by atoms with Gasteiger partial charge in [-0.05, 0) is 18.4 Å². The first-order valence-electron chi connectivity index (χ1n) is 6.93. The monoisotopic (exact) mass is 289 g/mol. The largest absolute Gasteiger partial charge is 0.396 e. The summed E-state index contributed by atoms with van der Waals surface area (Å²) in [6, 6.07) is 6.70. The predicted molar refractivity (Wildman–Crippen MR) is 80.2 cm³/mol. The first kappa shape index (κ1) is 15.2. The molecule has 2 rings (SSSR count). The van der Waals surface area contributed by atoms with Crippen molar-refractivity contribution in [2.75, 3.05) is 6.61 Å². The Kier molecular flexibility index (Phi) is 4.70. The molecule has 2 aromatic rings. The molecular weight excluding hydrogens is 270 g/mol. The molecule has 0 aliphatic heterocycles. The van der Waals surface area contributed by atoms with Crippen molar-refractivity contribution in [3.63, 3.8) is 0 Å². The average Bonchev–Trinajstić information content (AvgIpc) is 2.47. The molecular formula is C15H19N3O3. The van der Waals surface area contributed by atoms with Crippen LogP contribution in [0.1, 0.15) is 30.8 Å². The van der Waals surface area contributed by atoms with Crippen LogP contribution in [-0.4, -0.2) is 33.9 Å². The van der Waals surface area contributed by atoms with E-state index in [9.17, 15) is 9.59 Å². The zero-order valence-corrected chi connectivity index (χ0v) is 12.1. The van der Waals surface area contributed by atoms with Crippen LogP contribution in [0, 0.1) is 5.92 Å². The number of aromatic amines is 1. The van der Waals surface area contributed by atoms with Gasteiger partial charge in [0.25, 0.3) is 11.5 Å². The van der Waals surface area contributed by atoms with Gasteiger partial charge in [-0.3, -0.25) is 9.59 Å². The van der Waals surface area contributed by atoms with E-state index >= 15 is 0 Å². The van der Waals surface area contributed by atoms with Gasteiger partial charge in [0.05, 0.1) is 5.39 Å². The molecule has 0 aliphatic rings. The summed E-state index contributed by atoms with van der Waals surface area (Å²) in [7, 11) is 0. The summed E-state index contributed by atoms with van der Waals surface area (Å²) >= 11 is 0. The van der Waals surface area contributed by atoms with E-state index in [0.29, 0.717) is 17.2 Å². The molecule has 1 atom stereocenters. The highest BCUT2D eigenvalue weighted by molar-refractivity contribution is 6.04. The Bertz CT molecular complexity index is 694. The lowest BCUT2D eigenvalue weighted by Crippen LogP contribution is -2.40. The van der Waals surface area contributed by atoms with Crippen molar-refractivity contribution >= 4 is 16.7 Å². The molecule has 0 saturated heterocycles. The van der Waals surface area contributed by atoms with Crippen LogP contribution in [0.5, 0.6) is 0 Å². The number of nitrogens with one attached hydrogen (secondary N) is 2. The van der Waals surface area contributed by atoms with Crippen LogP contribution in [0.25, 0.3) is 10.8 Å². The van der Waals surface area contributed by atoms with E-state index in [4.69, 9.17) is 5.11 Å². The highest BCUT2D eigenvalue weighted by atomic mass is 16.3. The second-order valence-electron chi connectivity index (χ2n) is 5.28. The second kappa shape index (κ2) is 6.49. The standard InChI is InChI=1S/C15H19N3O3/c1-9(2)12(7-8-19)16-15(21)13-10-5-3-4-6-11(10)14(20)18-17-13/h3-6,9,12,19H,7-8H2,1-2H3,(H,16,21)(H,18,20). The number of amides is 1. The van der Waals surface area contributed by atoms with Crippen LogP contribution in [-0.2, 0) is 0 Å². The third-order valence-corrected chi connectivity index (χ3v) is 3.47. The maximum atomic E-state index is 12.4. The van der Waals surface area contributed by atoms with Gasteiger partial charge >= 0.3 is 0 Å². The van der Waals surface area contributed by atoms with Crippen LogP contribution in [0.3, 0.4) is 0 Å². The van der Waals surface area contributed by atoms with E-state index in [1.807, 2.05) is 13.8 Å². The number of nitrogens with zero attached hydrogens (tertiary/aromatic N) is 1.